The molecule has 1 aromatic carbocycles. The molecule has 1 N–H and O–H groups in total. The van der Waals surface area contributed by atoms with Crippen LogP contribution >= 0.6 is 0 Å². The minimum absolute atomic E-state index is 0.410. The zero-order valence-electron chi connectivity index (χ0n) is 12.5. The van der Waals surface area contributed by atoms with Gasteiger partial charge in [-0.25, -0.2) is 0 Å². The van der Waals surface area contributed by atoms with Crippen LogP contribution in [0.1, 0.15) is 50.3 Å². The van der Waals surface area contributed by atoms with E-state index in [2.05, 4.69) is 50.5 Å². The predicted octanol–water partition coefficient (Wildman–Crippen LogP) is 3.71. The number of aryl methyl sites for hydroxylation is 1. The largest absolute Gasteiger partial charge is 0.378 e. The van der Waals surface area contributed by atoms with Crippen molar-refractivity contribution in [3.05, 3.63) is 35.4 Å². The van der Waals surface area contributed by atoms with E-state index in [1.165, 1.54) is 30.4 Å². The van der Waals surface area contributed by atoms with Crippen LogP contribution in [-0.4, -0.2) is 19.8 Å². The third-order valence-electron chi connectivity index (χ3n) is 4.25. The van der Waals surface area contributed by atoms with E-state index in [0.29, 0.717) is 18.1 Å². The molecule has 2 nitrogen and oxygen atoms in total. The number of hydrogen-bond donors (Lipinski definition) is 1. The van der Waals surface area contributed by atoms with Crippen LogP contribution in [0.3, 0.4) is 0 Å². The average molecular weight is 261 g/mol. The second-order valence-electron chi connectivity index (χ2n) is 5.53. The number of benzene rings is 1. The molecule has 1 aromatic rings. The Labute approximate surface area is 117 Å². The summed E-state index contributed by atoms with van der Waals surface area (Å²) in [5.41, 5.74) is 2.87. The van der Waals surface area contributed by atoms with Gasteiger partial charge >= 0.3 is 0 Å². The highest BCUT2D eigenvalue weighted by atomic mass is 16.5. The van der Waals surface area contributed by atoms with E-state index in [4.69, 9.17) is 4.74 Å². The van der Waals surface area contributed by atoms with Gasteiger partial charge in [-0.05, 0) is 37.4 Å². The van der Waals surface area contributed by atoms with E-state index < -0.39 is 0 Å². The summed E-state index contributed by atoms with van der Waals surface area (Å²) < 4.78 is 5.86. The van der Waals surface area contributed by atoms with E-state index in [0.717, 1.165) is 13.0 Å². The van der Waals surface area contributed by atoms with Gasteiger partial charge in [-0.1, -0.05) is 44.5 Å². The van der Waals surface area contributed by atoms with Crippen molar-refractivity contribution >= 4 is 0 Å². The molecule has 1 aliphatic heterocycles. The van der Waals surface area contributed by atoms with Crippen LogP contribution in [0.4, 0.5) is 0 Å². The lowest BCUT2D eigenvalue weighted by molar-refractivity contribution is 0.0782. The van der Waals surface area contributed by atoms with E-state index >= 15 is 0 Å². The Bertz CT molecular complexity index is 391. The third kappa shape index (κ3) is 3.37. The fraction of sp³-hybridized carbons (Fsp3) is 0.647. The maximum absolute atomic E-state index is 5.86. The first-order valence-corrected chi connectivity index (χ1v) is 7.67. The van der Waals surface area contributed by atoms with Crippen molar-refractivity contribution in [2.24, 2.45) is 5.92 Å². The normalized spacial score (nSPS) is 24.6. The molecule has 1 saturated heterocycles. The molecule has 2 rings (SSSR count). The van der Waals surface area contributed by atoms with Crippen molar-refractivity contribution in [2.75, 3.05) is 13.7 Å². The van der Waals surface area contributed by atoms with Crippen molar-refractivity contribution in [2.45, 2.75) is 51.7 Å². The van der Waals surface area contributed by atoms with Crippen molar-refractivity contribution in [1.29, 1.82) is 0 Å². The van der Waals surface area contributed by atoms with Crippen molar-refractivity contribution in [3.8, 4) is 0 Å². The lowest BCUT2D eigenvalue weighted by Gasteiger charge is -2.27. The van der Waals surface area contributed by atoms with Gasteiger partial charge in [-0.2, -0.15) is 0 Å². The second kappa shape index (κ2) is 7.06. The Hall–Kier alpha value is -0.860. The highest BCUT2D eigenvalue weighted by Crippen LogP contribution is 2.34. The van der Waals surface area contributed by atoms with Gasteiger partial charge in [0.25, 0.3) is 0 Å². The average Bonchev–Trinajstić information content (AvgIpc) is 2.89. The maximum atomic E-state index is 5.86. The Morgan fingerprint density at radius 3 is 2.89 bits per heavy atom. The van der Waals surface area contributed by atoms with Gasteiger partial charge in [-0.15, -0.1) is 0 Å². The van der Waals surface area contributed by atoms with Crippen LogP contribution in [0.5, 0.6) is 0 Å². The zero-order chi connectivity index (χ0) is 13.7. The summed E-state index contributed by atoms with van der Waals surface area (Å²) in [6, 6.07) is 9.48. The Balaban J connectivity index is 2.18. The van der Waals surface area contributed by atoms with Gasteiger partial charge in [0.1, 0.15) is 0 Å². The monoisotopic (exact) mass is 261 g/mol. The standard InChI is InChI=1S/C17H27NO/c1-4-7-13-8-6-9-14(12-13)17(18-3)15-10-11-19-16(15)5-2/h6,8-9,12,15-18H,4-5,7,10-11H2,1-3H3. The van der Waals surface area contributed by atoms with E-state index in [-0.39, 0.29) is 0 Å². The minimum atomic E-state index is 0.410. The summed E-state index contributed by atoms with van der Waals surface area (Å²) in [6.07, 6.45) is 5.06. The number of rotatable bonds is 6. The number of ether oxygens (including phenoxy) is 1. The summed E-state index contributed by atoms with van der Waals surface area (Å²) in [7, 11) is 2.07. The van der Waals surface area contributed by atoms with Crippen LogP contribution in [0.15, 0.2) is 24.3 Å². The van der Waals surface area contributed by atoms with Crippen LogP contribution < -0.4 is 5.32 Å². The molecule has 0 radical (unpaired) electrons. The van der Waals surface area contributed by atoms with E-state index in [9.17, 15) is 0 Å². The molecule has 1 fully saturated rings. The summed E-state index contributed by atoms with van der Waals surface area (Å²) >= 11 is 0. The molecule has 3 unspecified atom stereocenters. The molecule has 1 aliphatic rings. The van der Waals surface area contributed by atoms with Gasteiger partial charge in [-0.3, -0.25) is 0 Å². The van der Waals surface area contributed by atoms with Crippen molar-refractivity contribution in [3.63, 3.8) is 0 Å². The van der Waals surface area contributed by atoms with Gasteiger partial charge in [0.15, 0.2) is 0 Å². The highest BCUT2D eigenvalue weighted by Gasteiger charge is 2.33. The minimum Gasteiger partial charge on any atom is -0.378 e. The second-order valence-corrected chi connectivity index (χ2v) is 5.53. The maximum Gasteiger partial charge on any atom is 0.0619 e. The summed E-state index contributed by atoms with van der Waals surface area (Å²) in [5, 5.41) is 3.51. The molecule has 0 amide bonds. The van der Waals surface area contributed by atoms with Gasteiger partial charge < -0.3 is 10.1 Å². The van der Waals surface area contributed by atoms with E-state index in [1.807, 2.05) is 0 Å². The predicted molar refractivity (Wildman–Crippen MR) is 80.4 cm³/mol. The lowest BCUT2D eigenvalue weighted by atomic mass is 9.86. The molecule has 0 spiro atoms. The lowest BCUT2D eigenvalue weighted by Crippen LogP contribution is -2.30. The van der Waals surface area contributed by atoms with Crippen molar-refractivity contribution in [1.82, 2.24) is 5.32 Å². The Kier molecular flexibility index (Phi) is 5.41. The molecular formula is C17H27NO. The van der Waals surface area contributed by atoms with Gasteiger partial charge in [0.05, 0.1) is 6.10 Å². The molecule has 0 aromatic heterocycles. The molecule has 2 heteroatoms. The quantitative estimate of drug-likeness (QED) is 0.843. The molecule has 0 bridgehead atoms. The number of hydrogen-bond acceptors (Lipinski definition) is 2. The topological polar surface area (TPSA) is 21.3 Å². The van der Waals surface area contributed by atoms with Crippen LogP contribution in [0, 0.1) is 5.92 Å². The molecule has 106 valence electrons. The van der Waals surface area contributed by atoms with Gasteiger partial charge in [0, 0.05) is 18.6 Å². The number of nitrogens with one attached hydrogen (secondary N) is 1. The van der Waals surface area contributed by atoms with Crippen molar-refractivity contribution < 1.29 is 4.74 Å². The molecule has 0 saturated carbocycles. The summed E-state index contributed by atoms with van der Waals surface area (Å²) in [5.74, 6) is 0.604. The highest BCUT2D eigenvalue weighted by molar-refractivity contribution is 5.27. The van der Waals surface area contributed by atoms with Crippen LogP contribution in [0.2, 0.25) is 0 Å². The molecule has 3 atom stereocenters. The fourth-order valence-electron chi connectivity index (χ4n) is 3.33. The first-order chi connectivity index (χ1) is 9.30. The summed E-state index contributed by atoms with van der Waals surface area (Å²) in [4.78, 5) is 0. The smallest absolute Gasteiger partial charge is 0.0619 e. The molecular weight excluding hydrogens is 234 g/mol. The first-order valence-electron chi connectivity index (χ1n) is 7.67. The molecule has 19 heavy (non-hydrogen) atoms. The fourth-order valence-corrected chi connectivity index (χ4v) is 3.33. The third-order valence-corrected chi connectivity index (χ3v) is 4.25. The summed E-state index contributed by atoms with van der Waals surface area (Å²) in [6.45, 7) is 5.37. The zero-order valence-corrected chi connectivity index (χ0v) is 12.5. The molecule has 1 heterocycles. The Morgan fingerprint density at radius 1 is 1.37 bits per heavy atom. The van der Waals surface area contributed by atoms with Crippen LogP contribution in [0.25, 0.3) is 0 Å². The van der Waals surface area contributed by atoms with E-state index in [1.54, 1.807) is 0 Å². The molecule has 0 aliphatic carbocycles. The van der Waals surface area contributed by atoms with Crippen LogP contribution in [-0.2, 0) is 11.2 Å². The Morgan fingerprint density at radius 2 is 2.21 bits per heavy atom. The first kappa shape index (κ1) is 14.5. The van der Waals surface area contributed by atoms with Gasteiger partial charge in [0.2, 0.25) is 0 Å². The SMILES string of the molecule is CCCc1cccc(C(NC)C2CCOC2CC)c1.